The van der Waals surface area contributed by atoms with Gasteiger partial charge in [-0.05, 0) is 38.6 Å². The third-order valence-electron chi connectivity index (χ3n) is 4.09. The minimum absolute atomic E-state index is 0.108. The molecule has 2 N–H and O–H groups in total. The Morgan fingerprint density at radius 3 is 2.42 bits per heavy atom. The summed E-state index contributed by atoms with van der Waals surface area (Å²) >= 11 is 5.97. The van der Waals surface area contributed by atoms with Gasteiger partial charge in [-0.15, -0.1) is 0 Å². The molecule has 1 fully saturated rings. The van der Waals surface area contributed by atoms with Gasteiger partial charge in [0.05, 0.1) is 0 Å². The van der Waals surface area contributed by atoms with Gasteiger partial charge in [-0.3, -0.25) is 4.90 Å². The molecule has 0 spiro atoms. The number of hydrogen-bond acceptors (Lipinski definition) is 3. The summed E-state index contributed by atoms with van der Waals surface area (Å²) < 4.78 is 0. The Bertz CT molecular complexity index is 404. The van der Waals surface area contributed by atoms with Crippen molar-refractivity contribution in [3.8, 4) is 0 Å². The third kappa shape index (κ3) is 3.48. The molecule has 3 unspecified atom stereocenters. The normalized spacial score (nSPS) is 25.2. The van der Waals surface area contributed by atoms with Crippen molar-refractivity contribution in [1.82, 2.24) is 9.80 Å². The molecule has 3 nitrogen and oxygen atoms in total. The summed E-state index contributed by atoms with van der Waals surface area (Å²) in [4.78, 5) is 4.90. The molecule has 1 heterocycles. The summed E-state index contributed by atoms with van der Waals surface area (Å²) in [6.07, 6.45) is 0. The summed E-state index contributed by atoms with van der Waals surface area (Å²) in [6, 6.07) is 9.04. The first kappa shape index (κ1) is 14.8. The van der Waals surface area contributed by atoms with E-state index in [9.17, 15) is 0 Å². The molecule has 1 aromatic carbocycles. The van der Waals surface area contributed by atoms with Crippen LogP contribution in [0, 0.1) is 0 Å². The van der Waals surface area contributed by atoms with Gasteiger partial charge in [0.15, 0.2) is 0 Å². The van der Waals surface area contributed by atoms with Crippen LogP contribution in [0.25, 0.3) is 0 Å². The van der Waals surface area contributed by atoms with Crippen LogP contribution in [0.5, 0.6) is 0 Å². The minimum Gasteiger partial charge on any atom is -0.326 e. The highest BCUT2D eigenvalue weighted by atomic mass is 35.5. The van der Waals surface area contributed by atoms with Crippen molar-refractivity contribution >= 4 is 11.6 Å². The highest BCUT2D eigenvalue weighted by Crippen LogP contribution is 2.27. The smallest absolute Gasteiger partial charge is 0.0497 e. The van der Waals surface area contributed by atoms with Gasteiger partial charge in [0.1, 0.15) is 0 Å². The highest BCUT2D eigenvalue weighted by molar-refractivity contribution is 6.30. The zero-order valence-corrected chi connectivity index (χ0v) is 12.8. The van der Waals surface area contributed by atoms with Crippen molar-refractivity contribution < 1.29 is 0 Å². The number of likely N-dealkylation sites (N-methyl/N-ethyl adjacent to an activating group) is 1. The number of halogens is 1. The Hall–Kier alpha value is -0.610. The Morgan fingerprint density at radius 2 is 1.89 bits per heavy atom. The van der Waals surface area contributed by atoms with Crippen LogP contribution in [0.15, 0.2) is 24.3 Å². The molecule has 0 aliphatic carbocycles. The molecular weight excluding hydrogens is 258 g/mol. The second kappa shape index (κ2) is 6.23. The van der Waals surface area contributed by atoms with E-state index in [1.807, 2.05) is 12.1 Å². The largest absolute Gasteiger partial charge is 0.326 e. The van der Waals surface area contributed by atoms with Crippen molar-refractivity contribution in [2.45, 2.75) is 32.0 Å². The van der Waals surface area contributed by atoms with Crippen LogP contribution in [-0.2, 0) is 0 Å². The molecule has 1 aliphatic heterocycles. The number of piperazine rings is 1. The maximum atomic E-state index is 6.23. The maximum absolute atomic E-state index is 6.23. The van der Waals surface area contributed by atoms with Crippen LogP contribution in [0.2, 0.25) is 5.02 Å². The molecule has 1 saturated heterocycles. The van der Waals surface area contributed by atoms with Crippen molar-refractivity contribution in [1.29, 1.82) is 0 Å². The van der Waals surface area contributed by atoms with Crippen LogP contribution in [0.1, 0.15) is 25.5 Å². The molecule has 19 heavy (non-hydrogen) atoms. The molecule has 4 heteroatoms. The highest BCUT2D eigenvalue weighted by Gasteiger charge is 2.29. The number of nitrogens with zero attached hydrogens (tertiary/aromatic N) is 2. The summed E-state index contributed by atoms with van der Waals surface area (Å²) in [5.41, 5.74) is 7.49. The molecular formula is C15H24ClN3. The average Bonchev–Trinajstić information content (AvgIpc) is 2.36. The second-order valence-corrected chi connectivity index (χ2v) is 6.12. The summed E-state index contributed by atoms with van der Waals surface area (Å²) in [5, 5.41) is 0.777. The Morgan fingerprint density at radius 1 is 1.26 bits per heavy atom. The number of hydrogen-bond donors (Lipinski definition) is 1. The predicted molar refractivity (Wildman–Crippen MR) is 81.5 cm³/mol. The SMILES string of the molecule is CC(N)C(c1ccc(Cl)cc1)N1CCN(C)C(C)C1. The van der Waals surface area contributed by atoms with E-state index in [0.717, 1.165) is 24.7 Å². The van der Waals surface area contributed by atoms with Crippen molar-refractivity contribution in [2.75, 3.05) is 26.7 Å². The molecule has 106 valence electrons. The van der Waals surface area contributed by atoms with Crippen LogP contribution in [0.4, 0.5) is 0 Å². The van der Waals surface area contributed by atoms with Gasteiger partial charge >= 0.3 is 0 Å². The second-order valence-electron chi connectivity index (χ2n) is 5.68. The molecule has 1 aliphatic rings. The maximum Gasteiger partial charge on any atom is 0.0497 e. The van der Waals surface area contributed by atoms with Crippen LogP contribution < -0.4 is 5.73 Å². The molecule has 0 aromatic heterocycles. The van der Waals surface area contributed by atoms with Gasteiger partial charge in [-0.2, -0.15) is 0 Å². The fourth-order valence-corrected chi connectivity index (χ4v) is 2.96. The lowest BCUT2D eigenvalue weighted by Crippen LogP contribution is -2.53. The van der Waals surface area contributed by atoms with E-state index in [-0.39, 0.29) is 12.1 Å². The van der Waals surface area contributed by atoms with E-state index < -0.39 is 0 Å². The van der Waals surface area contributed by atoms with E-state index in [4.69, 9.17) is 17.3 Å². The van der Waals surface area contributed by atoms with Crippen molar-refractivity contribution in [3.63, 3.8) is 0 Å². The summed E-state index contributed by atoms with van der Waals surface area (Å²) in [5.74, 6) is 0. The summed E-state index contributed by atoms with van der Waals surface area (Å²) in [7, 11) is 2.19. The van der Waals surface area contributed by atoms with Gasteiger partial charge in [-0.1, -0.05) is 23.7 Å². The van der Waals surface area contributed by atoms with Crippen molar-refractivity contribution in [3.05, 3.63) is 34.9 Å². The molecule has 1 aromatic rings. The fraction of sp³-hybridized carbons (Fsp3) is 0.600. The number of benzene rings is 1. The number of rotatable bonds is 3. The Labute approximate surface area is 121 Å². The first-order valence-electron chi connectivity index (χ1n) is 6.94. The van der Waals surface area contributed by atoms with E-state index in [2.05, 4.69) is 42.8 Å². The first-order valence-corrected chi connectivity index (χ1v) is 7.32. The number of nitrogens with two attached hydrogens (primary N) is 1. The van der Waals surface area contributed by atoms with Gasteiger partial charge in [-0.25, -0.2) is 0 Å². The third-order valence-corrected chi connectivity index (χ3v) is 4.35. The lowest BCUT2D eigenvalue weighted by molar-refractivity contribution is 0.0639. The van der Waals surface area contributed by atoms with Crippen LogP contribution in [-0.4, -0.2) is 48.6 Å². The van der Waals surface area contributed by atoms with Crippen molar-refractivity contribution in [2.24, 2.45) is 5.73 Å². The van der Waals surface area contributed by atoms with E-state index in [0.29, 0.717) is 6.04 Å². The van der Waals surface area contributed by atoms with E-state index in [1.54, 1.807) is 0 Å². The molecule has 0 amide bonds. The molecule has 2 rings (SSSR count). The van der Waals surface area contributed by atoms with Crippen LogP contribution >= 0.6 is 11.6 Å². The minimum atomic E-state index is 0.108. The molecule has 0 radical (unpaired) electrons. The van der Waals surface area contributed by atoms with Gasteiger partial charge < -0.3 is 10.6 Å². The first-order chi connectivity index (χ1) is 8.99. The topological polar surface area (TPSA) is 32.5 Å². The molecule has 3 atom stereocenters. The van der Waals surface area contributed by atoms with Gasteiger partial charge in [0.25, 0.3) is 0 Å². The monoisotopic (exact) mass is 281 g/mol. The Balaban J connectivity index is 2.18. The lowest BCUT2D eigenvalue weighted by Gasteiger charge is -2.43. The fourth-order valence-electron chi connectivity index (χ4n) is 2.84. The van der Waals surface area contributed by atoms with E-state index in [1.165, 1.54) is 5.56 Å². The van der Waals surface area contributed by atoms with Gasteiger partial charge in [0, 0.05) is 42.8 Å². The predicted octanol–water partition coefficient (Wildman–Crippen LogP) is 2.36. The Kier molecular flexibility index (Phi) is 4.85. The lowest BCUT2D eigenvalue weighted by atomic mass is 9.97. The van der Waals surface area contributed by atoms with Crippen LogP contribution in [0.3, 0.4) is 0 Å². The quantitative estimate of drug-likeness (QED) is 0.923. The zero-order valence-electron chi connectivity index (χ0n) is 12.0. The molecule has 0 saturated carbocycles. The zero-order chi connectivity index (χ0) is 14.0. The standard InChI is InChI=1S/C15H24ClN3/c1-11-10-19(9-8-18(11)3)15(12(2)17)13-4-6-14(16)7-5-13/h4-7,11-12,15H,8-10,17H2,1-3H3. The average molecular weight is 282 g/mol. The van der Waals surface area contributed by atoms with E-state index >= 15 is 0 Å². The van der Waals surface area contributed by atoms with Gasteiger partial charge in [0.2, 0.25) is 0 Å². The summed E-state index contributed by atoms with van der Waals surface area (Å²) in [6.45, 7) is 7.58. The molecule has 0 bridgehead atoms.